The number of hydrazine groups is 1. The van der Waals surface area contributed by atoms with E-state index in [0.717, 1.165) is 11.4 Å². The molecule has 4 aromatic rings. The first-order chi connectivity index (χ1) is 12.9. The number of anilines is 2. The second-order valence-electron chi connectivity index (χ2n) is 6.86. The van der Waals surface area contributed by atoms with E-state index < -0.39 is 0 Å². The molecule has 130 valence electrons. The van der Waals surface area contributed by atoms with E-state index in [9.17, 15) is 0 Å². The number of rotatable bonds is 3. The maximum atomic E-state index is 3.44. The Bertz CT molecular complexity index is 1160. The summed E-state index contributed by atoms with van der Waals surface area (Å²) >= 11 is 0. The number of nitrogens with one attached hydrogen (secondary N) is 2. The van der Waals surface area contributed by atoms with Crippen molar-refractivity contribution in [1.82, 2.24) is 0 Å². The highest BCUT2D eigenvalue weighted by molar-refractivity contribution is 6.11. The molecule has 2 N–H and O–H groups in total. The lowest BCUT2D eigenvalue weighted by Crippen LogP contribution is -2.09. The molecule has 3 heteroatoms. The molecule has 0 heterocycles. The van der Waals surface area contributed by atoms with Crippen molar-refractivity contribution in [3.8, 4) is 0 Å². The quantitative estimate of drug-likeness (QED) is 0.335. The maximum absolute atomic E-state index is 3.44. The van der Waals surface area contributed by atoms with Gasteiger partial charge in [-0.1, -0.05) is 72.8 Å². The van der Waals surface area contributed by atoms with E-state index in [0.29, 0.717) is 0 Å². The summed E-state index contributed by atoms with van der Waals surface area (Å²) in [7, 11) is 0. The van der Waals surface area contributed by atoms with Gasteiger partial charge in [0, 0.05) is 10.8 Å². The van der Waals surface area contributed by atoms with E-state index in [1.54, 1.807) is 0 Å². The summed E-state index contributed by atoms with van der Waals surface area (Å²) < 4.78 is 0. The lowest BCUT2D eigenvalue weighted by atomic mass is 10.0. The Hall–Kier alpha value is -3.23. The Labute approximate surface area is 163 Å². The molecule has 0 atom stereocenters. The minimum absolute atomic E-state index is 0. The van der Waals surface area contributed by atoms with Crippen molar-refractivity contribution in [3.05, 3.63) is 82.9 Å². The fourth-order valence-electron chi connectivity index (χ4n) is 4.19. The van der Waals surface area contributed by atoms with Crippen molar-refractivity contribution in [2.45, 2.75) is 0 Å². The smallest absolute Gasteiger partial charge is 0.0618 e. The molecule has 2 nitrogen and oxygen atoms in total. The molecule has 2 aliphatic rings. The minimum atomic E-state index is 0. The molecular weight excluding hydrogens is 352 g/mol. The van der Waals surface area contributed by atoms with Crippen molar-refractivity contribution >= 4 is 69.6 Å². The molecule has 0 unspecified atom stereocenters. The second kappa shape index (κ2) is 5.90. The molecule has 0 fully saturated rings. The molecule has 0 bridgehead atoms. The molecule has 6 rings (SSSR count). The van der Waals surface area contributed by atoms with Crippen LogP contribution in [0.2, 0.25) is 0 Å². The first-order valence-corrected chi connectivity index (χ1v) is 8.88. The van der Waals surface area contributed by atoms with Gasteiger partial charge in [0.05, 0.1) is 11.4 Å². The van der Waals surface area contributed by atoms with Crippen LogP contribution in [0.4, 0.5) is 11.4 Å². The standard InChI is InChI=1S/C24H16N2.ClH/c1-3-15-7-9-17-11-13-21(19(5-1)23(15)17)25-26-22-14-12-18-10-8-16-4-2-6-20(22)24(16)18;/h1-14,25-26H;1H. The molecule has 0 radical (unpaired) electrons. The fourth-order valence-corrected chi connectivity index (χ4v) is 4.19. The summed E-state index contributed by atoms with van der Waals surface area (Å²) in [5.74, 6) is 0. The van der Waals surface area contributed by atoms with Crippen LogP contribution in [0.5, 0.6) is 0 Å². The molecule has 0 aromatic heterocycles. The van der Waals surface area contributed by atoms with Crippen LogP contribution in [0.15, 0.2) is 60.7 Å². The van der Waals surface area contributed by atoms with Gasteiger partial charge < -0.3 is 10.9 Å². The first kappa shape index (κ1) is 16.0. The van der Waals surface area contributed by atoms with Crippen molar-refractivity contribution < 1.29 is 0 Å². The summed E-state index contributed by atoms with van der Waals surface area (Å²) in [6.07, 6.45) is 8.74. The van der Waals surface area contributed by atoms with Crippen LogP contribution < -0.4 is 10.9 Å². The molecule has 4 aromatic carbocycles. The third-order valence-electron chi connectivity index (χ3n) is 5.43. The molecule has 0 saturated carbocycles. The molecule has 0 spiro atoms. The number of benzene rings is 4. The predicted molar refractivity (Wildman–Crippen MR) is 120 cm³/mol. The van der Waals surface area contributed by atoms with Crippen molar-refractivity contribution in [3.63, 3.8) is 0 Å². The van der Waals surface area contributed by atoms with Gasteiger partial charge >= 0.3 is 0 Å². The van der Waals surface area contributed by atoms with Gasteiger partial charge in [0.2, 0.25) is 0 Å². The van der Waals surface area contributed by atoms with Gasteiger partial charge in [-0.15, -0.1) is 12.4 Å². The zero-order valence-electron chi connectivity index (χ0n) is 14.5. The highest BCUT2D eigenvalue weighted by Gasteiger charge is 2.13. The highest BCUT2D eigenvalue weighted by atomic mass is 35.5. The normalized spacial score (nSPS) is 12.6. The summed E-state index contributed by atoms with van der Waals surface area (Å²) in [6, 6.07) is 21.6. The van der Waals surface area contributed by atoms with Crippen LogP contribution in [0.3, 0.4) is 0 Å². The summed E-state index contributed by atoms with van der Waals surface area (Å²) in [4.78, 5) is 0. The minimum Gasteiger partial charge on any atom is -0.300 e. The highest BCUT2D eigenvalue weighted by Crippen LogP contribution is 2.37. The van der Waals surface area contributed by atoms with Crippen LogP contribution in [0.1, 0.15) is 22.3 Å². The second-order valence-corrected chi connectivity index (χ2v) is 6.86. The summed E-state index contributed by atoms with van der Waals surface area (Å²) in [6.45, 7) is 0. The topological polar surface area (TPSA) is 24.1 Å². The van der Waals surface area contributed by atoms with Crippen molar-refractivity contribution in [1.29, 1.82) is 0 Å². The third-order valence-corrected chi connectivity index (χ3v) is 5.43. The van der Waals surface area contributed by atoms with Crippen LogP contribution in [0, 0.1) is 0 Å². The van der Waals surface area contributed by atoms with Gasteiger partial charge in [-0.25, -0.2) is 0 Å². The van der Waals surface area contributed by atoms with E-state index >= 15 is 0 Å². The molecule has 2 aliphatic carbocycles. The summed E-state index contributed by atoms with van der Waals surface area (Å²) in [5.41, 5.74) is 14.2. The Morgan fingerprint density at radius 3 is 1.30 bits per heavy atom. The van der Waals surface area contributed by atoms with Crippen molar-refractivity contribution in [2.75, 3.05) is 10.9 Å². The van der Waals surface area contributed by atoms with E-state index in [1.165, 1.54) is 43.8 Å². The number of halogens is 1. The van der Waals surface area contributed by atoms with Gasteiger partial charge in [-0.2, -0.15) is 0 Å². The maximum Gasteiger partial charge on any atom is 0.0618 e. The van der Waals surface area contributed by atoms with Crippen LogP contribution in [0.25, 0.3) is 45.8 Å². The largest absolute Gasteiger partial charge is 0.300 e. The molecular formula is C24H17ClN2. The van der Waals surface area contributed by atoms with E-state index in [-0.39, 0.29) is 12.4 Å². The third kappa shape index (κ3) is 2.27. The van der Waals surface area contributed by atoms with Crippen molar-refractivity contribution in [2.24, 2.45) is 0 Å². The van der Waals surface area contributed by atoms with E-state index in [2.05, 4.69) is 95.8 Å². The first-order valence-electron chi connectivity index (χ1n) is 8.88. The van der Waals surface area contributed by atoms with E-state index in [4.69, 9.17) is 0 Å². The molecule has 27 heavy (non-hydrogen) atoms. The Balaban J connectivity index is 0.00000160. The monoisotopic (exact) mass is 368 g/mol. The van der Waals surface area contributed by atoms with Gasteiger partial charge in [0.15, 0.2) is 0 Å². The van der Waals surface area contributed by atoms with Gasteiger partial charge in [-0.3, -0.25) is 0 Å². The molecule has 0 saturated heterocycles. The van der Waals surface area contributed by atoms with E-state index in [1.807, 2.05) is 0 Å². The van der Waals surface area contributed by atoms with Gasteiger partial charge in [0.25, 0.3) is 0 Å². The van der Waals surface area contributed by atoms with Gasteiger partial charge in [0.1, 0.15) is 0 Å². The molecule has 0 aliphatic heterocycles. The Kier molecular flexibility index (Phi) is 3.49. The Morgan fingerprint density at radius 2 is 0.852 bits per heavy atom. The zero-order chi connectivity index (χ0) is 17.1. The number of hydrogen-bond acceptors (Lipinski definition) is 2. The average molecular weight is 369 g/mol. The fraction of sp³-hybridized carbons (Fsp3) is 0. The molecule has 0 amide bonds. The SMILES string of the molecule is C1=Cc2ccc(NNc3ccc4c5c(cccc35)C=C4)c3cccc1c23.Cl. The zero-order valence-corrected chi connectivity index (χ0v) is 15.3. The van der Waals surface area contributed by atoms with Crippen LogP contribution >= 0.6 is 12.4 Å². The van der Waals surface area contributed by atoms with Crippen LogP contribution in [-0.4, -0.2) is 0 Å². The van der Waals surface area contributed by atoms with Gasteiger partial charge in [-0.05, 0) is 45.2 Å². The lowest BCUT2D eigenvalue weighted by Gasteiger charge is -2.15. The predicted octanol–water partition coefficient (Wildman–Crippen LogP) is 6.82. The lowest BCUT2D eigenvalue weighted by molar-refractivity contribution is 1.44. The average Bonchev–Trinajstić information content (AvgIpc) is 3.30. The summed E-state index contributed by atoms with van der Waals surface area (Å²) in [5, 5.41) is 5.13. The van der Waals surface area contributed by atoms with Crippen LogP contribution in [-0.2, 0) is 0 Å². The Morgan fingerprint density at radius 1 is 0.444 bits per heavy atom. The number of hydrogen-bond donors (Lipinski definition) is 2.